The molecular weight excluding hydrogens is 256 g/mol. The summed E-state index contributed by atoms with van der Waals surface area (Å²) in [6.45, 7) is 1.76. The predicted molar refractivity (Wildman–Crippen MR) is 61.7 cm³/mol. The third-order valence-corrected chi connectivity index (χ3v) is 3.03. The number of piperidine rings is 1. The molecule has 3 nitrogen and oxygen atoms in total. The van der Waals surface area contributed by atoms with E-state index in [1.165, 1.54) is 6.42 Å². The molecule has 0 spiro atoms. The number of nitrogens with zero attached hydrogens (tertiary/aromatic N) is 2. The predicted octanol–water partition coefficient (Wildman–Crippen LogP) is 2.47. The Balaban J connectivity index is 2.12. The zero-order chi connectivity index (χ0) is 10.7. The Hall–Kier alpha value is -0.900. The van der Waals surface area contributed by atoms with Gasteiger partial charge < -0.3 is 4.90 Å². The molecule has 1 aliphatic heterocycles. The lowest BCUT2D eigenvalue weighted by atomic mass is 10.1. The molecular formula is C11H13BrN2O. The normalized spacial score (nSPS) is 16.5. The number of rotatable bonds is 1. The molecule has 15 heavy (non-hydrogen) atoms. The molecule has 0 aliphatic carbocycles. The van der Waals surface area contributed by atoms with Crippen LogP contribution in [0.5, 0.6) is 0 Å². The van der Waals surface area contributed by atoms with Gasteiger partial charge in [0.25, 0.3) is 5.91 Å². The van der Waals surface area contributed by atoms with Crippen molar-refractivity contribution in [3.8, 4) is 0 Å². The Kier molecular flexibility index (Phi) is 3.36. The van der Waals surface area contributed by atoms with Gasteiger partial charge in [-0.1, -0.05) is 0 Å². The molecule has 0 radical (unpaired) electrons. The molecule has 0 bridgehead atoms. The maximum Gasteiger partial charge on any atom is 0.255 e. The van der Waals surface area contributed by atoms with Crippen molar-refractivity contribution >= 4 is 21.8 Å². The van der Waals surface area contributed by atoms with E-state index < -0.39 is 0 Å². The van der Waals surface area contributed by atoms with Crippen LogP contribution in [-0.2, 0) is 0 Å². The minimum Gasteiger partial charge on any atom is -0.339 e. The van der Waals surface area contributed by atoms with Crippen LogP contribution in [0.1, 0.15) is 29.6 Å². The van der Waals surface area contributed by atoms with Crippen molar-refractivity contribution in [3.63, 3.8) is 0 Å². The second kappa shape index (κ2) is 4.75. The average molecular weight is 269 g/mol. The minimum absolute atomic E-state index is 0.100. The number of pyridine rings is 1. The van der Waals surface area contributed by atoms with Gasteiger partial charge in [-0.15, -0.1) is 0 Å². The average Bonchev–Trinajstić information content (AvgIpc) is 2.29. The summed E-state index contributed by atoms with van der Waals surface area (Å²) in [7, 11) is 0. The quantitative estimate of drug-likeness (QED) is 0.784. The van der Waals surface area contributed by atoms with Gasteiger partial charge in [-0.25, -0.2) is 0 Å². The molecule has 1 fully saturated rings. The Labute approximate surface area is 97.6 Å². The van der Waals surface area contributed by atoms with Crippen LogP contribution in [0.25, 0.3) is 0 Å². The largest absolute Gasteiger partial charge is 0.339 e. The number of hydrogen-bond donors (Lipinski definition) is 0. The van der Waals surface area contributed by atoms with E-state index in [4.69, 9.17) is 0 Å². The Morgan fingerprint density at radius 3 is 2.67 bits per heavy atom. The van der Waals surface area contributed by atoms with Crippen molar-refractivity contribution in [3.05, 3.63) is 28.5 Å². The summed E-state index contributed by atoms with van der Waals surface area (Å²) < 4.78 is 0.852. The van der Waals surface area contributed by atoms with Crippen LogP contribution in [-0.4, -0.2) is 28.9 Å². The summed E-state index contributed by atoms with van der Waals surface area (Å²) in [5, 5.41) is 0. The Morgan fingerprint density at radius 1 is 1.27 bits per heavy atom. The number of halogens is 1. The summed E-state index contributed by atoms with van der Waals surface area (Å²) in [4.78, 5) is 17.9. The lowest BCUT2D eigenvalue weighted by Gasteiger charge is -2.26. The molecule has 2 rings (SSSR count). The zero-order valence-electron chi connectivity index (χ0n) is 8.45. The van der Waals surface area contributed by atoms with Gasteiger partial charge in [-0.05, 0) is 41.3 Å². The second-order valence-corrected chi connectivity index (χ2v) is 4.66. The molecule has 1 aromatic rings. The first-order chi connectivity index (χ1) is 7.27. The van der Waals surface area contributed by atoms with Crippen molar-refractivity contribution in [2.24, 2.45) is 0 Å². The fraction of sp³-hybridized carbons (Fsp3) is 0.455. The van der Waals surface area contributed by atoms with E-state index in [2.05, 4.69) is 20.9 Å². The van der Waals surface area contributed by atoms with Crippen LogP contribution in [0, 0.1) is 0 Å². The third kappa shape index (κ3) is 2.56. The molecule has 1 saturated heterocycles. The Bertz CT molecular complexity index is 361. The maximum absolute atomic E-state index is 12.0. The molecule has 0 atom stereocenters. The highest BCUT2D eigenvalue weighted by atomic mass is 79.9. The molecule has 0 saturated carbocycles. The van der Waals surface area contributed by atoms with Crippen molar-refractivity contribution in [1.29, 1.82) is 0 Å². The topological polar surface area (TPSA) is 33.2 Å². The van der Waals surface area contributed by atoms with Crippen LogP contribution in [0.4, 0.5) is 0 Å². The molecule has 0 N–H and O–H groups in total. The number of aromatic nitrogens is 1. The van der Waals surface area contributed by atoms with Gasteiger partial charge in [-0.3, -0.25) is 9.78 Å². The summed E-state index contributed by atoms with van der Waals surface area (Å²) >= 11 is 3.32. The van der Waals surface area contributed by atoms with Crippen LogP contribution < -0.4 is 0 Å². The first kappa shape index (κ1) is 10.6. The summed E-state index contributed by atoms with van der Waals surface area (Å²) in [5.74, 6) is 0.100. The highest BCUT2D eigenvalue weighted by molar-refractivity contribution is 9.10. The number of likely N-dealkylation sites (tertiary alicyclic amines) is 1. The number of hydrogen-bond acceptors (Lipinski definition) is 2. The summed E-state index contributed by atoms with van der Waals surface area (Å²) in [5.41, 5.74) is 0.672. The molecule has 80 valence electrons. The van der Waals surface area contributed by atoms with Gasteiger partial charge in [0.15, 0.2) is 0 Å². The number of carbonyl (C=O) groups excluding carboxylic acids is 1. The maximum atomic E-state index is 12.0. The molecule has 1 aromatic heterocycles. The second-order valence-electron chi connectivity index (χ2n) is 3.74. The Morgan fingerprint density at radius 2 is 2.00 bits per heavy atom. The first-order valence-corrected chi connectivity index (χ1v) is 5.96. The van der Waals surface area contributed by atoms with Gasteiger partial charge in [0.05, 0.1) is 5.56 Å². The lowest BCUT2D eigenvalue weighted by Crippen LogP contribution is -2.35. The van der Waals surface area contributed by atoms with Crippen molar-refractivity contribution < 1.29 is 4.79 Å². The van der Waals surface area contributed by atoms with E-state index in [9.17, 15) is 4.79 Å². The molecule has 2 heterocycles. The van der Waals surface area contributed by atoms with Crippen molar-refractivity contribution in [2.45, 2.75) is 19.3 Å². The fourth-order valence-corrected chi connectivity index (χ4v) is 2.17. The first-order valence-electron chi connectivity index (χ1n) is 5.17. The van der Waals surface area contributed by atoms with E-state index in [0.29, 0.717) is 5.56 Å². The van der Waals surface area contributed by atoms with Crippen LogP contribution >= 0.6 is 15.9 Å². The fourth-order valence-electron chi connectivity index (χ4n) is 1.81. The highest BCUT2D eigenvalue weighted by Gasteiger charge is 2.18. The van der Waals surface area contributed by atoms with Crippen LogP contribution in [0.15, 0.2) is 22.9 Å². The lowest BCUT2D eigenvalue weighted by molar-refractivity contribution is 0.0724. The van der Waals surface area contributed by atoms with Crippen molar-refractivity contribution in [2.75, 3.05) is 13.1 Å². The van der Waals surface area contributed by atoms with E-state index in [-0.39, 0.29) is 5.91 Å². The zero-order valence-corrected chi connectivity index (χ0v) is 10.0. The summed E-state index contributed by atoms with van der Waals surface area (Å²) in [6, 6.07) is 1.82. The third-order valence-electron chi connectivity index (χ3n) is 2.60. The smallest absolute Gasteiger partial charge is 0.255 e. The van der Waals surface area contributed by atoms with Gasteiger partial charge in [0.2, 0.25) is 0 Å². The van der Waals surface area contributed by atoms with Crippen LogP contribution in [0.3, 0.4) is 0 Å². The SMILES string of the molecule is O=C(c1cncc(Br)c1)N1CCCCC1. The molecule has 1 aliphatic rings. The highest BCUT2D eigenvalue weighted by Crippen LogP contribution is 2.15. The molecule has 0 aromatic carbocycles. The van der Waals surface area contributed by atoms with E-state index >= 15 is 0 Å². The molecule has 1 amide bonds. The van der Waals surface area contributed by atoms with Gasteiger partial charge in [0.1, 0.15) is 0 Å². The molecule has 4 heteroatoms. The standard InChI is InChI=1S/C11H13BrN2O/c12-10-6-9(7-13-8-10)11(15)14-4-2-1-3-5-14/h6-8H,1-5H2. The van der Waals surface area contributed by atoms with E-state index in [1.54, 1.807) is 12.4 Å². The number of amides is 1. The van der Waals surface area contributed by atoms with Gasteiger partial charge >= 0.3 is 0 Å². The monoisotopic (exact) mass is 268 g/mol. The van der Waals surface area contributed by atoms with E-state index in [0.717, 1.165) is 30.4 Å². The van der Waals surface area contributed by atoms with Gasteiger partial charge in [0, 0.05) is 30.0 Å². The number of carbonyl (C=O) groups is 1. The van der Waals surface area contributed by atoms with E-state index in [1.807, 2.05) is 11.0 Å². The van der Waals surface area contributed by atoms with Gasteiger partial charge in [-0.2, -0.15) is 0 Å². The van der Waals surface area contributed by atoms with Crippen molar-refractivity contribution in [1.82, 2.24) is 9.88 Å². The minimum atomic E-state index is 0.100. The molecule has 0 unspecified atom stereocenters. The summed E-state index contributed by atoms with van der Waals surface area (Å²) in [6.07, 6.45) is 6.79. The van der Waals surface area contributed by atoms with Crippen LogP contribution in [0.2, 0.25) is 0 Å².